The molecule has 3 rings (SSSR count). The molecule has 24 heavy (non-hydrogen) atoms. The van der Waals surface area contributed by atoms with Crippen molar-refractivity contribution in [2.24, 2.45) is 7.05 Å². The van der Waals surface area contributed by atoms with E-state index >= 15 is 0 Å². The predicted molar refractivity (Wildman–Crippen MR) is 87.1 cm³/mol. The number of carbonyl (C=O) groups is 1. The second kappa shape index (κ2) is 6.35. The fourth-order valence-electron chi connectivity index (χ4n) is 3.39. The summed E-state index contributed by atoms with van der Waals surface area (Å²) in [6.07, 6.45) is 1.19. The van der Waals surface area contributed by atoms with Gasteiger partial charge < -0.3 is 14.7 Å². The number of rotatable bonds is 5. The van der Waals surface area contributed by atoms with Crippen LogP contribution in [-0.4, -0.2) is 43.8 Å². The Morgan fingerprint density at radius 2 is 2.08 bits per heavy atom. The van der Waals surface area contributed by atoms with Crippen LogP contribution in [0.2, 0.25) is 0 Å². The largest absolute Gasteiger partial charge is 0.338 e. The van der Waals surface area contributed by atoms with Crippen molar-refractivity contribution in [3.05, 3.63) is 28.7 Å². The van der Waals surface area contributed by atoms with Crippen molar-refractivity contribution in [1.82, 2.24) is 30.1 Å². The van der Waals surface area contributed by atoms with Crippen molar-refractivity contribution in [3.8, 4) is 0 Å². The molecule has 130 valence electrons. The Balaban J connectivity index is 1.81. The number of hydrogen-bond donors (Lipinski definition) is 1. The summed E-state index contributed by atoms with van der Waals surface area (Å²) >= 11 is 0. The van der Waals surface area contributed by atoms with Gasteiger partial charge in [-0.3, -0.25) is 9.48 Å². The van der Waals surface area contributed by atoms with Crippen molar-refractivity contribution in [2.45, 2.75) is 52.2 Å². The van der Waals surface area contributed by atoms with Crippen LogP contribution < -0.4 is 5.32 Å². The van der Waals surface area contributed by atoms with E-state index in [1.165, 1.54) is 0 Å². The van der Waals surface area contributed by atoms with Crippen LogP contribution in [0.3, 0.4) is 0 Å². The summed E-state index contributed by atoms with van der Waals surface area (Å²) < 4.78 is 7.09. The SMILES string of the molecule is CCc1noc(CN[C@@H]2CC(=O)N(C)[C@H]2c2c(C)nn(C)c2C)n1. The van der Waals surface area contributed by atoms with Gasteiger partial charge in [0.1, 0.15) is 0 Å². The van der Waals surface area contributed by atoms with Gasteiger partial charge in [-0.1, -0.05) is 12.1 Å². The van der Waals surface area contributed by atoms with E-state index in [2.05, 4.69) is 20.6 Å². The molecule has 0 bridgehead atoms. The molecular weight excluding hydrogens is 308 g/mol. The highest BCUT2D eigenvalue weighted by Gasteiger charge is 2.40. The molecule has 2 atom stereocenters. The minimum atomic E-state index is -0.0419. The highest BCUT2D eigenvalue weighted by atomic mass is 16.5. The van der Waals surface area contributed by atoms with Crippen molar-refractivity contribution >= 4 is 5.91 Å². The van der Waals surface area contributed by atoms with E-state index in [0.29, 0.717) is 24.7 Å². The average molecular weight is 332 g/mol. The number of aromatic nitrogens is 4. The third-order valence-corrected chi connectivity index (χ3v) is 4.79. The smallest absolute Gasteiger partial charge is 0.240 e. The highest BCUT2D eigenvalue weighted by Crippen LogP contribution is 2.35. The van der Waals surface area contributed by atoms with Crippen LogP contribution >= 0.6 is 0 Å². The van der Waals surface area contributed by atoms with E-state index in [-0.39, 0.29) is 18.0 Å². The summed E-state index contributed by atoms with van der Waals surface area (Å²) in [5.41, 5.74) is 3.15. The van der Waals surface area contributed by atoms with Gasteiger partial charge in [0.05, 0.1) is 18.3 Å². The van der Waals surface area contributed by atoms with Crippen LogP contribution in [0, 0.1) is 13.8 Å². The van der Waals surface area contributed by atoms with Gasteiger partial charge in [0, 0.05) is 44.2 Å². The van der Waals surface area contributed by atoms with Crippen LogP contribution in [0.25, 0.3) is 0 Å². The Bertz CT molecular complexity index is 750. The van der Waals surface area contributed by atoms with Crippen LogP contribution in [-0.2, 0) is 24.8 Å². The zero-order valence-electron chi connectivity index (χ0n) is 14.8. The number of likely N-dealkylation sites (N-methyl/N-ethyl adjacent to an activating group) is 1. The topological polar surface area (TPSA) is 89.1 Å². The third-order valence-electron chi connectivity index (χ3n) is 4.79. The van der Waals surface area contributed by atoms with Crippen LogP contribution in [0.1, 0.15) is 48.1 Å². The zero-order chi connectivity index (χ0) is 17.4. The molecule has 8 nitrogen and oxygen atoms in total. The summed E-state index contributed by atoms with van der Waals surface area (Å²) in [7, 11) is 3.78. The number of nitrogens with zero attached hydrogens (tertiary/aromatic N) is 5. The summed E-state index contributed by atoms with van der Waals surface area (Å²) in [6, 6.07) is -0.0548. The molecule has 2 aromatic rings. The molecule has 1 saturated heterocycles. The van der Waals surface area contributed by atoms with Gasteiger partial charge in [-0.05, 0) is 13.8 Å². The van der Waals surface area contributed by atoms with Crippen LogP contribution in [0.15, 0.2) is 4.52 Å². The van der Waals surface area contributed by atoms with E-state index in [0.717, 1.165) is 23.4 Å². The number of nitrogens with one attached hydrogen (secondary N) is 1. The summed E-state index contributed by atoms with van der Waals surface area (Å²) in [5.74, 6) is 1.37. The Labute approximate surface area is 141 Å². The van der Waals surface area contributed by atoms with E-state index < -0.39 is 0 Å². The molecule has 1 fully saturated rings. The normalized spacial score (nSPS) is 21.0. The first-order valence-electron chi connectivity index (χ1n) is 8.23. The predicted octanol–water partition coefficient (Wildman–Crippen LogP) is 1.04. The number of likely N-dealkylation sites (tertiary alicyclic amines) is 1. The molecule has 0 aliphatic carbocycles. The summed E-state index contributed by atoms with van der Waals surface area (Å²) in [6.45, 7) is 6.46. The lowest BCUT2D eigenvalue weighted by Crippen LogP contribution is -2.35. The molecule has 1 aliphatic rings. The van der Waals surface area contributed by atoms with E-state index in [4.69, 9.17) is 4.52 Å². The van der Waals surface area contributed by atoms with E-state index in [1.807, 2.05) is 39.5 Å². The van der Waals surface area contributed by atoms with Crippen molar-refractivity contribution in [2.75, 3.05) is 7.05 Å². The van der Waals surface area contributed by atoms with Gasteiger partial charge in [-0.25, -0.2) is 0 Å². The van der Waals surface area contributed by atoms with Gasteiger partial charge in [0.2, 0.25) is 11.8 Å². The second-order valence-corrected chi connectivity index (χ2v) is 6.31. The lowest BCUT2D eigenvalue weighted by molar-refractivity contribution is -0.127. The molecule has 3 heterocycles. The molecule has 0 saturated carbocycles. The van der Waals surface area contributed by atoms with E-state index in [9.17, 15) is 4.79 Å². The van der Waals surface area contributed by atoms with E-state index in [1.54, 1.807) is 4.90 Å². The molecule has 1 amide bonds. The van der Waals surface area contributed by atoms with Crippen molar-refractivity contribution < 1.29 is 9.32 Å². The number of hydrogen-bond acceptors (Lipinski definition) is 6. The van der Waals surface area contributed by atoms with Gasteiger partial charge in [-0.15, -0.1) is 0 Å². The Kier molecular flexibility index (Phi) is 4.40. The fraction of sp³-hybridized carbons (Fsp3) is 0.625. The molecule has 2 aromatic heterocycles. The van der Waals surface area contributed by atoms with Crippen molar-refractivity contribution in [1.29, 1.82) is 0 Å². The Morgan fingerprint density at radius 3 is 2.67 bits per heavy atom. The van der Waals surface area contributed by atoms with Crippen LogP contribution in [0.4, 0.5) is 0 Å². The molecule has 0 radical (unpaired) electrons. The number of amides is 1. The lowest BCUT2D eigenvalue weighted by Gasteiger charge is -2.26. The molecular formula is C16H24N6O2. The minimum Gasteiger partial charge on any atom is -0.338 e. The van der Waals surface area contributed by atoms with Crippen LogP contribution in [0.5, 0.6) is 0 Å². The Hall–Kier alpha value is -2.22. The Morgan fingerprint density at radius 1 is 1.33 bits per heavy atom. The lowest BCUT2D eigenvalue weighted by atomic mass is 9.98. The third kappa shape index (κ3) is 2.82. The van der Waals surface area contributed by atoms with Gasteiger partial charge in [0.15, 0.2) is 5.82 Å². The molecule has 1 N–H and O–H groups in total. The minimum absolute atomic E-state index is 0.0129. The van der Waals surface area contributed by atoms with Gasteiger partial charge >= 0.3 is 0 Å². The molecule has 0 spiro atoms. The van der Waals surface area contributed by atoms with Gasteiger partial charge in [0.25, 0.3) is 0 Å². The number of aryl methyl sites for hydroxylation is 3. The molecule has 8 heteroatoms. The standard InChI is InChI=1S/C16H24N6O2/c1-6-12-18-13(24-20-12)8-17-11-7-14(23)21(4)16(11)15-9(2)19-22(5)10(15)3/h11,16-17H,6-8H2,1-5H3/t11-,16-/m1/s1. The molecule has 1 aliphatic heterocycles. The van der Waals surface area contributed by atoms with Crippen molar-refractivity contribution in [3.63, 3.8) is 0 Å². The fourth-order valence-corrected chi connectivity index (χ4v) is 3.39. The quantitative estimate of drug-likeness (QED) is 0.880. The monoisotopic (exact) mass is 332 g/mol. The second-order valence-electron chi connectivity index (χ2n) is 6.31. The maximum atomic E-state index is 12.3. The summed E-state index contributed by atoms with van der Waals surface area (Å²) in [4.78, 5) is 18.4. The molecule has 0 unspecified atom stereocenters. The maximum absolute atomic E-state index is 12.3. The first-order chi connectivity index (χ1) is 11.4. The zero-order valence-corrected chi connectivity index (χ0v) is 14.8. The first-order valence-corrected chi connectivity index (χ1v) is 8.23. The molecule has 0 aromatic carbocycles. The number of carbonyl (C=O) groups excluding carboxylic acids is 1. The first kappa shape index (κ1) is 16.6. The summed E-state index contributed by atoms with van der Waals surface area (Å²) in [5, 5.41) is 11.8. The van der Waals surface area contributed by atoms with Gasteiger partial charge in [-0.2, -0.15) is 10.1 Å². The maximum Gasteiger partial charge on any atom is 0.240 e. The average Bonchev–Trinajstić information content (AvgIpc) is 3.18. The highest BCUT2D eigenvalue weighted by molar-refractivity contribution is 5.80.